The zero-order chi connectivity index (χ0) is 17.6. The van der Waals surface area contributed by atoms with Crippen molar-refractivity contribution in [2.24, 2.45) is 0 Å². The predicted octanol–water partition coefficient (Wildman–Crippen LogP) is 3.62. The molecule has 128 valence electrons. The van der Waals surface area contributed by atoms with Crippen LogP contribution in [0.5, 0.6) is 5.75 Å². The maximum Gasteiger partial charge on any atom is 0.322 e. The van der Waals surface area contributed by atoms with Crippen LogP contribution < -0.4 is 10.1 Å². The average molecular weight is 337 g/mol. The second-order valence-electron chi connectivity index (χ2n) is 5.58. The van der Waals surface area contributed by atoms with Gasteiger partial charge in [0.15, 0.2) is 0 Å². The number of carbonyl (C=O) groups excluding carboxylic acids is 1. The molecule has 0 fully saturated rings. The summed E-state index contributed by atoms with van der Waals surface area (Å²) in [6.45, 7) is 4.54. The fraction of sp³-hybridized carbons (Fsp3) is 0.211. The van der Waals surface area contributed by atoms with E-state index in [1.54, 1.807) is 0 Å². The predicted molar refractivity (Wildman–Crippen MR) is 94.4 cm³/mol. The van der Waals surface area contributed by atoms with E-state index in [1.165, 1.54) is 0 Å². The van der Waals surface area contributed by atoms with Crippen molar-refractivity contribution in [2.45, 2.75) is 20.3 Å². The molecular weight excluding hydrogens is 318 g/mol. The number of benzene rings is 2. The first kappa shape index (κ1) is 16.7. The van der Waals surface area contributed by atoms with Gasteiger partial charge in [0, 0.05) is 5.56 Å². The molecule has 3 rings (SSSR count). The van der Waals surface area contributed by atoms with Gasteiger partial charge in [-0.3, -0.25) is 10.1 Å². The monoisotopic (exact) mass is 337 g/mol. The molecule has 0 spiro atoms. The second kappa shape index (κ2) is 7.61. The summed E-state index contributed by atoms with van der Waals surface area (Å²) in [5, 5.41) is 10.5. The zero-order valence-electron chi connectivity index (χ0n) is 14.2. The fourth-order valence-electron chi connectivity index (χ4n) is 2.31. The number of nitrogens with zero attached hydrogens (tertiary/aromatic N) is 2. The van der Waals surface area contributed by atoms with E-state index < -0.39 is 0 Å². The first-order valence-electron chi connectivity index (χ1n) is 8.06. The Balaban J connectivity index is 1.62. The summed E-state index contributed by atoms with van der Waals surface area (Å²) in [5.41, 5.74) is 2.84. The van der Waals surface area contributed by atoms with Crippen molar-refractivity contribution in [1.82, 2.24) is 10.2 Å². The van der Waals surface area contributed by atoms with Gasteiger partial charge in [0.2, 0.25) is 11.8 Å². The Morgan fingerprint density at radius 2 is 1.80 bits per heavy atom. The molecule has 0 unspecified atom stereocenters. The van der Waals surface area contributed by atoms with Gasteiger partial charge in [0.1, 0.15) is 5.75 Å². The summed E-state index contributed by atoms with van der Waals surface area (Å²) in [4.78, 5) is 12.1. The molecule has 25 heavy (non-hydrogen) atoms. The number of nitrogens with one attached hydrogen (secondary N) is 1. The topological polar surface area (TPSA) is 77.3 Å². The minimum Gasteiger partial charge on any atom is -0.494 e. The number of carbonyl (C=O) groups is 1. The summed E-state index contributed by atoms with van der Waals surface area (Å²) in [5.74, 6) is 0.914. The third-order valence-electron chi connectivity index (χ3n) is 3.57. The van der Waals surface area contributed by atoms with Crippen molar-refractivity contribution < 1.29 is 13.9 Å². The van der Waals surface area contributed by atoms with Crippen molar-refractivity contribution in [1.29, 1.82) is 0 Å². The van der Waals surface area contributed by atoms with Gasteiger partial charge in [-0.05, 0) is 43.7 Å². The van der Waals surface area contributed by atoms with Crippen molar-refractivity contribution in [3.63, 3.8) is 0 Å². The van der Waals surface area contributed by atoms with Crippen LogP contribution in [0.4, 0.5) is 6.01 Å². The quantitative estimate of drug-likeness (QED) is 0.743. The van der Waals surface area contributed by atoms with E-state index in [9.17, 15) is 4.79 Å². The zero-order valence-corrected chi connectivity index (χ0v) is 14.2. The molecule has 1 amide bonds. The Hall–Kier alpha value is -3.15. The van der Waals surface area contributed by atoms with Gasteiger partial charge >= 0.3 is 6.01 Å². The van der Waals surface area contributed by atoms with E-state index in [0.717, 1.165) is 22.4 Å². The van der Waals surface area contributed by atoms with Crippen molar-refractivity contribution in [2.75, 3.05) is 11.9 Å². The molecule has 0 aliphatic rings. The molecule has 6 heteroatoms. The summed E-state index contributed by atoms with van der Waals surface area (Å²) in [6.07, 6.45) is 0.251. The molecule has 6 nitrogen and oxygen atoms in total. The Kier molecular flexibility index (Phi) is 5.09. The lowest BCUT2D eigenvalue weighted by Crippen LogP contribution is -2.14. The maximum absolute atomic E-state index is 12.1. The Morgan fingerprint density at radius 1 is 1.08 bits per heavy atom. The second-order valence-corrected chi connectivity index (χ2v) is 5.58. The molecule has 0 radical (unpaired) electrons. The highest BCUT2D eigenvalue weighted by Crippen LogP contribution is 2.22. The molecule has 0 aliphatic carbocycles. The number of amides is 1. The first-order valence-corrected chi connectivity index (χ1v) is 8.06. The lowest BCUT2D eigenvalue weighted by Gasteiger charge is -2.02. The number of hydrogen-bond acceptors (Lipinski definition) is 5. The SMILES string of the molecule is CCOc1ccc(-c2nnc(NC(=O)Cc3ccc(C)cc3)o2)cc1. The molecular formula is C19H19N3O3. The lowest BCUT2D eigenvalue weighted by atomic mass is 10.1. The molecule has 2 aromatic carbocycles. The summed E-state index contributed by atoms with van der Waals surface area (Å²) in [7, 11) is 0. The van der Waals surface area contributed by atoms with Gasteiger partial charge in [0.25, 0.3) is 0 Å². The third kappa shape index (κ3) is 4.44. The smallest absolute Gasteiger partial charge is 0.322 e. The van der Waals surface area contributed by atoms with E-state index >= 15 is 0 Å². The molecule has 0 saturated heterocycles. The maximum atomic E-state index is 12.1. The number of anilines is 1. The van der Waals surface area contributed by atoms with Crippen LogP contribution in [-0.4, -0.2) is 22.7 Å². The molecule has 1 heterocycles. The number of hydrogen-bond donors (Lipinski definition) is 1. The van der Waals surface area contributed by atoms with Crippen molar-refractivity contribution >= 4 is 11.9 Å². The summed E-state index contributed by atoms with van der Waals surface area (Å²) >= 11 is 0. The van der Waals surface area contributed by atoms with Gasteiger partial charge in [-0.1, -0.05) is 34.9 Å². The Morgan fingerprint density at radius 3 is 2.48 bits per heavy atom. The summed E-state index contributed by atoms with van der Waals surface area (Å²) in [6, 6.07) is 15.2. The molecule has 0 saturated carbocycles. The number of aromatic nitrogens is 2. The van der Waals surface area contributed by atoms with Crippen molar-refractivity contribution in [3.05, 3.63) is 59.7 Å². The summed E-state index contributed by atoms with van der Waals surface area (Å²) < 4.78 is 10.9. The standard InChI is InChI=1S/C19H19N3O3/c1-3-24-16-10-8-15(9-11-16)18-21-22-19(25-18)20-17(23)12-14-6-4-13(2)5-7-14/h4-11H,3,12H2,1-2H3,(H,20,22,23). The van der Waals surface area contributed by atoms with Crippen LogP contribution in [0.1, 0.15) is 18.1 Å². The molecule has 0 atom stereocenters. The van der Waals surface area contributed by atoms with Crippen LogP contribution in [0.15, 0.2) is 52.9 Å². The molecule has 1 N–H and O–H groups in total. The minimum absolute atomic E-state index is 0.0843. The van der Waals surface area contributed by atoms with Crippen LogP contribution in [0.2, 0.25) is 0 Å². The fourth-order valence-corrected chi connectivity index (χ4v) is 2.31. The normalized spacial score (nSPS) is 10.5. The highest BCUT2D eigenvalue weighted by atomic mass is 16.5. The van der Waals surface area contributed by atoms with Gasteiger partial charge in [-0.2, -0.15) is 0 Å². The van der Waals surface area contributed by atoms with Crippen LogP contribution in [0, 0.1) is 6.92 Å². The Labute approximate surface area is 145 Å². The average Bonchev–Trinajstić information content (AvgIpc) is 3.06. The lowest BCUT2D eigenvalue weighted by molar-refractivity contribution is -0.115. The molecule has 0 bridgehead atoms. The minimum atomic E-state index is -0.203. The van der Waals surface area contributed by atoms with Crippen LogP contribution in [0.25, 0.3) is 11.5 Å². The highest BCUT2D eigenvalue weighted by molar-refractivity contribution is 5.90. The van der Waals surface area contributed by atoms with E-state index in [4.69, 9.17) is 9.15 Å². The van der Waals surface area contributed by atoms with Gasteiger partial charge < -0.3 is 9.15 Å². The van der Waals surface area contributed by atoms with E-state index in [0.29, 0.717) is 12.5 Å². The Bertz CT molecular complexity index is 839. The van der Waals surface area contributed by atoms with Crippen molar-refractivity contribution in [3.8, 4) is 17.2 Å². The first-order chi connectivity index (χ1) is 12.1. The van der Waals surface area contributed by atoms with E-state index in [2.05, 4.69) is 15.5 Å². The molecule has 3 aromatic rings. The number of rotatable bonds is 6. The number of aryl methyl sites for hydroxylation is 1. The molecule has 0 aliphatic heterocycles. The van der Waals surface area contributed by atoms with Crippen LogP contribution in [0.3, 0.4) is 0 Å². The third-order valence-corrected chi connectivity index (χ3v) is 3.57. The number of ether oxygens (including phenoxy) is 1. The van der Waals surface area contributed by atoms with E-state index in [1.807, 2.05) is 62.4 Å². The van der Waals surface area contributed by atoms with E-state index in [-0.39, 0.29) is 18.3 Å². The van der Waals surface area contributed by atoms with Crippen LogP contribution in [-0.2, 0) is 11.2 Å². The molecule has 1 aromatic heterocycles. The van der Waals surface area contributed by atoms with Gasteiger partial charge in [-0.25, -0.2) is 0 Å². The largest absolute Gasteiger partial charge is 0.494 e. The highest BCUT2D eigenvalue weighted by Gasteiger charge is 2.12. The van der Waals surface area contributed by atoms with Crippen LogP contribution >= 0.6 is 0 Å². The van der Waals surface area contributed by atoms with Gasteiger partial charge in [0.05, 0.1) is 13.0 Å². The van der Waals surface area contributed by atoms with Gasteiger partial charge in [-0.15, -0.1) is 5.10 Å².